The fraction of sp³-hybridized carbons (Fsp3) is 0.778. The Hall–Kier alpha value is -1.26. The van der Waals surface area contributed by atoms with Gasteiger partial charge in [-0.1, -0.05) is 13.8 Å². The van der Waals surface area contributed by atoms with Crippen LogP contribution >= 0.6 is 0 Å². The van der Waals surface area contributed by atoms with Crippen LogP contribution in [0, 0.1) is 5.92 Å². The molecule has 0 aromatic carbocycles. The maximum Gasteiger partial charge on any atom is 0.407 e. The van der Waals surface area contributed by atoms with E-state index in [-0.39, 0.29) is 5.91 Å². The summed E-state index contributed by atoms with van der Waals surface area (Å²) in [6.07, 6.45) is -0.441. The van der Waals surface area contributed by atoms with E-state index in [1.54, 1.807) is 0 Å². The first-order valence-electron chi connectivity index (χ1n) is 4.67. The first-order chi connectivity index (χ1) is 6.52. The van der Waals surface area contributed by atoms with E-state index < -0.39 is 6.09 Å². The number of ether oxygens (including phenoxy) is 1. The molecule has 14 heavy (non-hydrogen) atoms. The molecule has 0 aliphatic carbocycles. The third-order valence-corrected chi connectivity index (χ3v) is 1.32. The van der Waals surface area contributed by atoms with Crippen LogP contribution in [-0.4, -0.2) is 31.7 Å². The molecule has 0 atom stereocenters. The minimum Gasteiger partial charge on any atom is -0.449 e. The second-order valence-electron chi connectivity index (χ2n) is 3.40. The fourth-order valence-corrected chi connectivity index (χ4v) is 0.696. The molecule has 0 heterocycles. The summed E-state index contributed by atoms with van der Waals surface area (Å²) in [5.74, 6) is 0.221. The third-order valence-electron chi connectivity index (χ3n) is 1.32. The average Bonchev–Trinajstić information content (AvgIpc) is 2.08. The quantitative estimate of drug-likeness (QED) is 0.638. The van der Waals surface area contributed by atoms with Gasteiger partial charge in [-0.25, -0.2) is 4.79 Å². The van der Waals surface area contributed by atoms with Crippen LogP contribution in [0.3, 0.4) is 0 Å². The maximum absolute atomic E-state index is 10.9. The zero-order valence-electron chi connectivity index (χ0n) is 8.92. The van der Waals surface area contributed by atoms with Crippen LogP contribution < -0.4 is 10.6 Å². The number of carbonyl (C=O) groups excluding carboxylic acids is 2. The molecule has 82 valence electrons. The highest BCUT2D eigenvalue weighted by Crippen LogP contribution is 1.91. The van der Waals surface area contributed by atoms with E-state index in [2.05, 4.69) is 10.6 Å². The van der Waals surface area contributed by atoms with E-state index >= 15 is 0 Å². The van der Waals surface area contributed by atoms with Crippen molar-refractivity contribution in [2.24, 2.45) is 5.92 Å². The zero-order chi connectivity index (χ0) is 11.0. The summed E-state index contributed by atoms with van der Waals surface area (Å²) in [5, 5.41) is 5.07. The largest absolute Gasteiger partial charge is 0.449 e. The highest BCUT2D eigenvalue weighted by Gasteiger charge is 2.02. The van der Waals surface area contributed by atoms with Gasteiger partial charge in [0.25, 0.3) is 0 Å². The van der Waals surface area contributed by atoms with E-state index in [0.717, 1.165) is 0 Å². The number of rotatable bonds is 5. The van der Waals surface area contributed by atoms with Gasteiger partial charge in [-0.05, 0) is 5.92 Å². The van der Waals surface area contributed by atoms with Crippen molar-refractivity contribution < 1.29 is 14.3 Å². The van der Waals surface area contributed by atoms with Gasteiger partial charge in [0.05, 0.1) is 6.61 Å². The Balaban J connectivity index is 3.31. The summed E-state index contributed by atoms with van der Waals surface area (Å²) < 4.78 is 4.85. The van der Waals surface area contributed by atoms with Gasteiger partial charge in [0, 0.05) is 20.0 Å². The van der Waals surface area contributed by atoms with Crippen molar-refractivity contribution >= 4 is 12.0 Å². The Kier molecular flexibility index (Phi) is 6.53. The Labute approximate surface area is 84.2 Å². The van der Waals surface area contributed by atoms with Crippen molar-refractivity contribution in [1.29, 1.82) is 0 Å². The normalized spacial score (nSPS) is 9.71. The highest BCUT2D eigenvalue weighted by atomic mass is 16.5. The lowest BCUT2D eigenvalue weighted by Crippen LogP contribution is -2.34. The van der Waals surface area contributed by atoms with Crippen LogP contribution in [0.25, 0.3) is 0 Å². The van der Waals surface area contributed by atoms with Gasteiger partial charge in [0.2, 0.25) is 5.91 Å². The molecule has 0 bridgehead atoms. The van der Waals surface area contributed by atoms with Gasteiger partial charge in [-0.3, -0.25) is 4.79 Å². The fourth-order valence-electron chi connectivity index (χ4n) is 0.696. The summed E-state index contributed by atoms with van der Waals surface area (Å²) in [6, 6.07) is 0. The number of carbonyl (C=O) groups is 2. The van der Waals surface area contributed by atoms with E-state index in [1.165, 1.54) is 6.92 Å². The van der Waals surface area contributed by atoms with Crippen molar-refractivity contribution in [3.8, 4) is 0 Å². The Morgan fingerprint density at radius 2 is 1.79 bits per heavy atom. The number of amides is 2. The van der Waals surface area contributed by atoms with Crippen molar-refractivity contribution in [2.75, 3.05) is 19.7 Å². The molecule has 0 unspecified atom stereocenters. The van der Waals surface area contributed by atoms with Crippen molar-refractivity contribution in [3.63, 3.8) is 0 Å². The van der Waals surface area contributed by atoms with Gasteiger partial charge in [0.15, 0.2) is 0 Å². The smallest absolute Gasteiger partial charge is 0.407 e. The summed E-state index contributed by atoms with van der Waals surface area (Å²) in [6.45, 7) is 6.57. The van der Waals surface area contributed by atoms with Crippen LogP contribution in [0.5, 0.6) is 0 Å². The van der Waals surface area contributed by atoms with Gasteiger partial charge in [-0.2, -0.15) is 0 Å². The molecule has 0 aliphatic heterocycles. The summed E-state index contributed by atoms with van der Waals surface area (Å²) in [5.41, 5.74) is 0. The monoisotopic (exact) mass is 202 g/mol. The molecule has 2 N–H and O–H groups in total. The van der Waals surface area contributed by atoms with Gasteiger partial charge < -0.3 is 15.4 Å². The standard InChI is InChI=1S/C9H18N2O3/c1-7(2)6-14-9(13)11-5-4-10-8(3)12/h7H,4-6H2,1-3H3,(H,10,12)(H,11,13). The summed E-state index contributed by atoms with van der Waals surface area (Å²) in [7, 11) is 0. The molecule has 5 nitrogen and oxygen atoms in total. The minimum absolute atomic E-state index is 0.109. The van der Waals surface area contributed by atoms with E-state index in [0.29, 0.717) is 25.6 Å². The molecule has 0 radical (unpaired) electrons. The van der Waals surface area contributed by atoms with Crippen LogP contribution in [-0.2, 0) is 9.53 Å². The molecule has 0 rings (SSSR count). The van der Waals surface area contributed by atoms with Crippen LogP contribution in [0.1, 0.15) is 20.8 Å². The Morgan fingerprint density at radius 1 is 1.21 bits per heavy atom. The molecular formula is C9H18N2O3. The molecule has 0 saturated heterocycles. The maximum atomic E-state index is 10.9. The van der Waals surface area contributed by atoms with Crippen LogP contribution in [0.2, 0.25) is 0 Å². The van der Waals surface area contributed by atoms with Crippen molar-refractivity contribution in [1.82, 2.24) is 10.6 Å². The first-order valence-corrected chi connectivity index (χ1v) is 4.67. The van der Waals surface area contributed by atoms with Gasteiger partial charge in [-0.15, -0.1) is 0 Å². The van der Waals surface area contributed by atoms with Crippen LogP contribution in [0.15, 0.2) is 0 Å². The molecule has 0 fully saturated rings. The number of hydrogen-bond acceptors (Lipinski definition) is 3. The lowest BCUT2D eigenvalue weighted by atomic mass is 10.2. The lowest BCUT2D eigenvalue weighted by molar-refractivity contribution is -0.118. The van der Waals surface area contributed by atoms with Gasteiger partial charge >= 0.3 is 6.09 Å². The Bertz CT molecular complexity index is 192. The number of hydrogen-bond donors (Lipinski definition) is 2. The molecule has 0 spiro atoms. The predicted octanol–water partition coefficient (Wildman–Crippen LogP) is 0.505. The SMILES string of the molecule is CC(=O)NCCNC(=O)OCC(C)C. The topological polar surface area (TPSA) is 67.4 Å². The first kappa shape index (κ1) is 12.7. The highest BCUT2D eigenvalue weighted by molar-refractivity contribution is 5.73. The number of nitrogens with one attached hydrogen (secondary N) is 2. The Morgan fingerprint density at radius 3 is 2.29 bits per heavy atom. The van der Waals surface area contributed by atoms with Crippen molar-refractivity contribution in [2.45, 2.75) is 20.8 Å². The summed E-state index contributed by atoms with van der Waals surface area (Å²) in [4.78, 5) is 21.4. The minimum atomic E-state index is -0.441. The average molecular weight is 202 g/mol. The molecule has 0 aliphatic rings. The summed E-state index contributed by atoms with van der Waals surface area (Å²) >= 11 is 0. The molecule has 0 aromatic heterocycles. The third kappa shape index (κ3) is 8.83. The molecular weight excluding hydrogens is 184 g/mol. The zero-order valence-corrected chi connectivity index (χ0v) is 8.92. The number of alkyl carbamates (subject to hydrolysis) is 1. The molecule has 5 heteroatoms. The van der Waals surface area contributed by atoms with E-state index in [1.807, 2.05) is 13.8 Å². The lowest BCUT2D eigenvalue weighted by Gasteiger charge is -2.08. The molecule has 0 saturated carbocycles. The van der Waals surface area contributed by atoms with Crippen LogP contribution in [0.4, 0.5) is 4.79 Å². The second-order valence-corrected chi connectivity index (χ2v) is 3.40. The second kappa shape index (κ2) is 7.17. The van der Waals surface area contributed by atoms with E-state index in [4.69, 9.17) is 4.74 Å². The predicted molar refractivity (Wildman–Crippen MR) is 52.9 cm³/mol. The molecule has 2 amide bonds. The van der Waals surface area contributed by atoms with E-state index in [9.17, 15) is 9.59 Å². The van der Waals surface area contributed by atoms with Gasteiger partial charge in [0.1, 0.15) is 0 Å². The molecule has 0 aromatic rings. The van der Waals surface area contributed by atoms with Crippen molar-refractivity contribution in [3.05, 3.63) is 0 Å².